The predicted molar refractivity (Wildman–Crippen MR) is 147 cm³/mol. The fourth-order valence-corrected chi connectivity index (χ4v) is 4.94. The monoisotopic (exact) mass is 580 g/mol. The van der Waals surface area contributed by atoms with E-state index in [1.165, 1.54) is 18.9 Å². The Morgan fingerprint density at radius 3 is 2.40 bits per heavy atom. The Bertz CT molecular complexity index is 1600. The van der Waals surface area contributed by atoms with Crippen LogP contribution in [0.1, 0.15) is 34.2 Å². The number of halogens is 3. The highest BCUT2D eigenvalue weighted by Gasteiger charge is 2.41. The van der Waals surface area contributed by atoms with Gasteiger partial charge in [0.2, 0.25) is 5.95 Å². The number of esters is 2. The van der Waals surface area contributed by atoms with Crippen LogP contribution >= 0.6 is 0 Å². The Morgan fingerprint density at radius 2 is 1.71 bits per heavy atom. The molecule has 218 valence electrons. The number of fused-ring (bicyclic) bond motifs is 1. The number of anilines is 2. The van der Waals surface area contributed by atoms with Crippen LogP contribution in [0.3, 0.4) is 0 Å². The molecule has 0 amide bonds. The SMILES string of the molecule is CCOC(=O)c1cnc(N2CCN(c3nnc(Cc4ccccc4)c4ccccc34)CC2C(=O)OC)nc1C(F)(F)F. The molecule has 1 atom stereocenters. The van der Waals surface area contributed by atoms with E-state index in [1.807, 2.05) is 59.5 Å². The molecule has 0 aliphatic carbocycles. The lowest BCUT2D eigenvalue weighted by Gasteiger charge is -2.40. The lowest BCUT2D eigenvalue weighted by atomic mass is 10.0. The number of piperazine rings is 1. The van der Waals surface area contributed by atoms with E-state index in [-0.39, 0.29) is 32.2 Å². The van der Waals surface area contributed by atoms with E-state index in [0.29, 0.717) is 12.2 Å². The van der Waals surface area contributed by atoms with Gasteiger partial charge in [-0.15, -0.1) is 5.10 Å². The van der Waals surface area contributed by atoms with E-state index in [1.54, 1.807) is 0 Å². The summed E-state index contributed by atoms with van der Waals surface area (Å²) >= 11 is 0. The smallest absolute Gasteiger partial charge is 0.434 e. The van der Waals surface area contributed by atoms with Crippen LogP contribution in [-0.2, 0) is 26.9 Å². The zero-order valence-electron chi connectivity index (χ0n) is 22.8. The van der Waals surface area contributed by atoms with Gasteiger partial charge in [-0.2, -0.15) is 18.3 Å². The average molecular weight is 581 g/mol. The molecule has 1 fully saturated rings. The van der Waals surface area contributed by atoms with Crippen LogP contribution in [0.4, 0.5) is 24.9 Å². The fraction of sp³-hybridized carbons (Fsp3) is 0.310. The van der Waals surface area contributed by atoms with Gasteiger partial charge in [0.1, 0.15) is 11.6 Å². The number of hydrogen-bond acceptors (Lipinski definition) is 10. The Kier molecular flexibility index (Phi) is 8.18. The van der Waals surface area contributed by atoms with E-state index in [4.69, 9.17) is 9.47 Å². The van der Waals surface area contributed by atoms with Crippen LogP contribution in [-0.4, -0.2) is 71.5 Å². The third-order valence-corrected chi connectivity index (χ3v) is 6.91. The molecule has 0 radical (unpaired) electrons. The Morgan fingerprint density at radius 1 is 1.00 bits per heavy atom. The van der Waals surface area contributed by atoms with Crippen molar-refractivity contribution in [2.75, 3.05) is 43.2 Å². The molecule has 5 rings (SSSR count). The molecule has 1 aliphatic heterocycles. The summed E-state index contributed by atoms with van der Waals surface area (Å²) in [5.41, 5.74) is -0.378. The van der Waals surface area contributed by atoms with Gasteiger partial charge in [-0.25, -0.2) is 19.6 Å². The summed E-state index contributed by atoms with van der Waals surface area (Å²) in [6.07, 6.45) is -3.61. The number of nitrogens with zero attached hydrogens (tertiary/aromatic N) is 6. The first-order valence-corrected chi connectivity index (χ1v) is 13.2. The summed E-state index contributed by atoms with van der Waals surface area (Å²) in [4.78, 5) is 35.9. The highest BCUT2D eigenvalue weighted by molar-refractivity contribution is 5.94. The van der Waals surface area contributed by atoms with Gasteiger partial charge < -0.3 is 19.3 Å². The van der Waals surface area contributed by atoms with Gasteiger partial charge in [0.25, 0.3) is 0 Å². The zero-order valence-corrected chi connectivity index (χ0v) is 22.8. The maximum absolute atomic E-state index is 13.9. The highest BCUT2D eigenvalue weighted by atomic mass is 19.4. The van der Waals surface area contributed by atoms with Crippen molar-refractivity contribution in [2.45, 2.75) is 25.6 Å². The van der Waals surface area contributed by atoms with Gasteiger partial charge in [0.15, 0.2) is 11.5 Å². The fourth-order valence-electron chi connectivity index (χ4n) is 4.94. The van der Waals surface area contributed by atoms with Crippen LogP contribution in [0.2, 0.25) is 0 Å². The molecule has 1 unspecified atom stereocenters. The quantitative estimate of drug-likeness (QED) is 0.297. The average Bonchev–Trinajstić information content (AvgIpc) is 3.00. The third kappa shape index (κ3) is 5.80. The number of ether oxygens (including phenoxy) is 2. The first kappa shape index (κ1) is 28.7. The van der Waals surface area contributed by atoms with Gasteiger partial charge >= 0.3 is 18.1 Å². The first-order chi connectivity index (χ1) is 20.2. The minimum atomic E-state index is -4.96. The van der Waals surface area contributed by atoms with Crippen LogP contribution in [0, 0.1) is 0 Å². The van der Waals surface area contributed by atoms with Crippen molar-refractivity contribution < 1.29 is 32.2 Å². The molecule has 1 aliphatic rings. The van der Waals surface area contributed by atoms with Gasteiger partial charge in [-0.1, -0.05) is 54.6 Å². The van der Waals surface area contributed by atoms with Crippen molar-refractivity contribution in [1.29, 1.82) is 0 Å². The second kappa shape index (κ2) is 12.0. The number of carbonyl (C=O) groups excluding carboxylic acids is 2. The Hall–Kier alpha value is -4.81. The van der Waals surface area contributed by atoms with Gasteiger partial charge in [-0.3, -0.25) is 0 Å². The molecule has 4 aromatic rings. The standard InChI is InChI=1S/C29H27F3N6O4/c1-3-42-26(39)21-16-33-28(34-24(21)29(30,31)32)38-14-13-37(17-23(38)27(40)41-2)25-20-12-8-7-11-19(20)22(35-36-25)15-18-9-5-4-6-10-18/h4-12,16,23H,3,13-15,17H2,1-2H3. The number of rotatable bonds is 7. The summed E-state index contributed by atoms with van der Waals surface area (Å²) in [6.45, 7) is 1.72. The van der Waals surface area contributed by atoms with Crippen LogP contribution < -0.4 is 9.80 Å². The summed E-state index contributed by atoms with van der Waals surface area (Å²) in [5, 5.41) is 10.7. The van der Waals surface area contributed by atoms with Crippen molar-refractivity contribution in [3.05, 3.63) is 83.3 Å². The summed E-state index contributed by atoms with van der Waals surface area (Å²) in [7, 11) is 1.19. The van der Waals surface area contributed by atoms with Gasteiger partial charge in [-0.05, 0) is 12.5 Å². The molecule has 0 saturated carbocycles. The van der Waals surface area contributed by atoms with E-state index in [0.717, 1.165) is 28.2 Å². The predicted octanol–water partition coefficient (Wildman–Crippen LogP) is 4.07. The molecular weight excluding hydrogens is 553 g/mol. The second-order valence-corrected chi connectivity index (χ2v) is 9.51. The second-order valence-electron chi connectivity index (χ2n) is 9.51. The molecular formula is C29H27F3N6O4. The Balaban J connectivity index is 1.48. The maximum Gasteiger partial charge on any atom is 0.434 e. The largest absolute Gasteiger partial charge is 0.467 e. The molecule has 3 heterocycles. The zero-order chi connectivity index (χ0) is 29.9. The summed E-state index contributed by atoms with van der Waals surface area (Å²) < 4.78 is 51.4. The molecule has 0 bridgehead atoms. The van der Waals surface area contributed by atoms with Crippen LogP contribution in [0.5, 0.6) is 0 Å². The van der Waals surface area contributed by atoms with Gasteiger partial charge in [0.05, 0.1) is 26.0 Å². The van der Waals surface area contributed by atoms with Crippen molar-refractivity contribution in [3.63, 3.8) is 0 Å². The number of benzene rings is 2. The van der Waals surface area contributed by atoms with Crippen molar-refractivity contribution in [2.24, 2.45) is 0 Å². The Labute approximate surface area is 239 Å². The molecule has 0 spiro atoms. The molecule has 13 heteroatoms. The normalized spacial score (nSPS) is 15.5. The minimum absolute atomic E-state index is 0.0215. The van der Waals surface area contributed by atoms with Crippen LogP contribution in [0.15, 0.2) is 60.8 Å². The van der Waals surface area contributed by atoms with Crippen molar-refractivity contribution in [3.8, 4) is 0 Å². The topological polar surface area (TPSA) is 111 Å². The first-order valence-electron chi connectivity index (χ1n) is 13.2. The van der Waals surface area contributed by atoms with Crippen molar-refractivity contribution in [1.82, 2.24) is 20.2 Å². The highest BCUT2D eigenvalue weighted by Crippen LogP contribution is 2.33. The van der Waals surface area contributed by atoms with Crippen LogP contribution in [0.25, 0.3) is 10.8 Å². The minimum Gasteiger partial charge on any atom is -0.467 e. The summed E-state index contributed by atoms with van der Waals surface area (Å²) in [6, 6.07) is 16.5. The lowest BCUT2D eigenvalue weighted by Crippen LogP contribution is -2.58. The van der Waals surface area contributed by atoms with E-state index in [9.17, 15) is 22.8 Å². The molecule has 2 aromatic carbocycles. The van der Waals surface area contributed by atoms with Crippen molar-refractivity contribution >= 4 is 34.5 Å². The maximum atomic E-state index is 13.9. The number of alkyl halides is 3. The molecule has 1 saturated heterocycles. The number of methoxy groups -OCH3 is 1. The molecule has 10 nitrogen and oxygen atoms in total. The van der Waals surface area contributed by atoms with E-state index >= 15 is 0 Å². The number of hydrogen-bond donors (Lipinski definition) is 0. The van der Waals surface area contributed by atoms with E-state index in [2.05, 4.69) is 20.2 Å². The summed E-state index contributed by atoms with van der Waals surface area (Å²) in [5.74, 6) is -1.71. The van der Waals surface area contributed by atoms with E-state index < -0.39 is 35.4 Å². The molecule has 0 N–H and O–H groups in total. The van der Waals surface area contributed by atoms with Gasteiger partial charge in [0, 0.05) is 36.5 Å². The molecule has 42 heavy (non-hydrogen) atoms. The lowest BCUT2D eigenvalue weighted by molar-refractivity contribution is -0.142. The number of aromatic nitrogens is 4. The third-order valence-electron chi connectivity index (χ3n) is 6.91. The number of carbonyl (C=O) groups is 2. The molecule has 2 aromatic heterocycles.